The number of benzene rings is 1. The smallest absolute Gasteiger partial charge is 0.261 e. The van der Waals surface area contributed by atoms with E-state index in [0.29, 0.717) is 0 Å². The Bertz CT molecular complexity index is 559. The van der Waals surface area contributed by atoms with E-state index in [0.717, 1.165) is 37.4 Å². The van der Waals surface area contributed by atoms with Crippen LogP contribution >= 0.6 is 10.7 Å². The van der Waals surface area contributed by atoms with E-state index < -0.39 is 9.05 Å². The molecule has 2 rings (SSSR count). The fraction of sp³-hybridized carbons (Fsp3) is 0.538. The summed E-state index contributed by atoms with van der Waals surface area (Å²) >= 11 is 0. The van der Waals surface area contributed by atoms with Crippen LogP contribution in [0.4, 0.5) is 5.69 Å². The maximum atomic E-state index is 11.4. The molecule has 0 radical (unpaired) electrons. The average molecular weight is 304 g/mol. The van der Waals surface area contributed by atoms with Crippen LogP contribution in [0.5, 0.6) is 5.75 Å². The van der Waals surface area contributed by atoms with E-state index in [-0.39, 0.29) is 11.0 Å². The summed E-state index contributed by atoms with van der Waals surface area (Å²) in [5.74, 6) is 0.732. The third kappa shape index (κ3) is 3.15. The minimum atomic E-state index is -3.70. The second kappa shape index (κ2) is 5.59. The number of nitrogens with zero attached hydrogens (tertiary/aromatic N) is 1. The summed E-state index contributed by atoms with van der Waals surface area (Å²) in [7, 11) is 1.69. The molecule has 106 valence electrons. The highest BCUT2D eigenvalue weighted by atomic mass is 35.7. The van der Waals surface area contributed by atoms with Crippen molar-refractivity contribution in [3.05, 3.63) is 18.2 Å². The monoisotopic (exact) mass is 303 g/mol. The number of anilines is 1. The minimum absolute atomic E-state index is 0.118. The zero-order chi connectivity index (χ0) is 14.0. The molecule has 0 amide bonds. The van der Waals surface area contributed by atoms with Crippen LogP contribution in [-0.4, -0.2) is 27.6 Å². The highest BCUT2D eigenvalue weighted by molar-refractivity contribution is 8.13. The quantitative estimate of drug-likeness (QED) is 0.802. The summed E-state index contributed by atoms with van der Waals surface area (Å²) in [6.45, 7) is 5.83. The first-order valence-electron chi connectivity index (χ1n) is 6.46. The van der Waals surface area contributed by atoms with Crippen molar-refractivity contribution in [3.63, 3.8) is 0 Å². The largest absolute Gasteiger partial charge is 0.486 e. The lowest BCUT2D eigenvalue weighted by Gasteiger charge is -2.36. The molecule has 19 heavy (non-hydrogen) atoms. The normalized spacial score (nSPS) is 18.9. The molecule has 0 aromatic heterocycles. The predicted molar refractivity (Wildman–Crippen MR) is 76.7 cm³/mol. The molecule has 0 aliphatic carbocycles. The summed E-state index contributed by atoms with van der Waals surface area (Å²) in [5.41, 5.74) is 0.813. The molecule has 1 aromatic rings. The van der Waals surface area contributed by atoms with Gasteiger partial charge in [-0.15, -0.1) is 0 Å². The van der Waals surface area contributed by atoms with E-state index in [9.17, 15) is 8.42 Å². The van der Waals surface area contributed by atoms with Gasteiger partial charge in [-0.2, -0.15) is 0 Å². The van der Waals surface area contributed by atoms with Crippen LogP contribution in [0.25, 0.3) is 0 Å². The maximum absolute atomic E-state index is 11.4. The van der Waals surface area contributed by atoms with Crippen molar-refractivity contribution in [3.8, 4) is 5.75 Å². The van der Waals surface area contributed by atoms with Crippen LogP contribution < -0.4 is 9.64 Å². The van der Waals surface area contributed by atoms with Gasteiger partial charge in [-0.25, -0.2) is 8.42 Å². The molecule has 1 heterocycles. The minimum Gasteiger partial charge on any atom is -0.486 e. The van der Waals surface area contributed by atoms with Crippen molar-refractivity contribution in [2.75, 3.05) is 18.0 Å². The Morgan fingerprint density at radius 2 is 2.16 bits per heavy atom. The van der Waals surface area contributed by atoms with Crippen molar-refractivity contribution in [2.24, 2.45) is 0 Å². The molecule has 1 unspecified atom stereocenters. The Morgan fingerprint density at radius 3 is 2.74 bits per heavy atom. The number of rotatable bonds is 4. The Morgan fingerprint density at radius 1 is 1.42 bits per heavy atom. The highest BCUT2D eigenvalue weighted by Crippen LogP contribution is 2.36. The summed E-state index contributed by atoms with van der Waals surface area (Å²) in [6, 6.07) is 4.78. The van der Waals surface area contributed by atoms with Crippen LogP contribution in [0.2, 0.25) is 0 Å². The number of halogens is 1. The first-order chi connectivity index (χ1) is 8.95. The first kappa shape index (κ1) is 14.5. The van der Waals surface area contributed by atoms with E-state index in [1.807, 2.05) is 0 Å². The molecular weight excluding hydrogens is 286 g/mol. The van der Waals surface area contributed by atoms with Gasteiger partial charge < -0.3 is 9.64 Å². The summed E-state index contributed by atoms with van der Waals surface area (Å²) in [4.78, 5) is 2.28. The third-order valence-corrected chi connectivity index (χ3v) is 4.57. The lowest BCUT2D eigenvalue weighted by Crippen LogP contribution is -2.40. The van der Waals surface area contributed by atoms with Crippen LogP contribution in [0.3, 0.4) is 0 Å². The molecule has 0 fully saturated rings. The van der Waals surface area contributed by atoms with Crippen molar-refractivity contribution < 1.29 is 13.2 Å². The lowest BCUT2D eigenvalue weighted by atomic mass is 10.1. The zero-order valence-electron chi connectivity index (χ0n) is 11.1. The topological polar surface area (TPSA) is 46.6 Å². The van der Waals surface area contributed by atoms with Gasteiger partial charge in [0.1, 0.15) is 11.9 Å². The zero-order valence-corrected chi connectivity index (χ0v) is 12.7. The molecule has 6 heteroatoms. The van der Waals surface area contributed by atoms with Gasteiger partial charge in [-0.3, -0.25) is 0 Å². The Labute approximate surface area is 118 Å². The van der Waals surface area contributed by atoms with E-state index in [4.69, 9.17) is 15.4 Å². The van der Waals surface area contributed by atoms with Gasteiger partial charge in [0.2, 0.25) is 0 Å². The molecule has 0 saturated carbocycles. The molecule has 4 nitrogen and oxygen atoms in total. The molecule has 1 aromatic carbocycles. The van der Waals surface area contributed by atoms with Crippen LogP contribution in [0.1, 0.15) is 26.7 Å². The van der Waals surface area contributed by atoms with Gasteiger partial charge >= 0.3 is 0 Å². The molecule has 0 spiro atoms. The average Bonchev–Trinajstić information content (AvgIpc) is 2.37. The second-order valence-electron chi connectivity index (χ2n) is 4.66. The van der Waals surface area contributed by atoms with Crippen LogP contribution in [0.15, 0.2) is 23.1 Å². The van der Waals surface area contributed by atoms with Crippen molar-refractivity contribution in [1.29, 1.82) is 0 Å². The van der Waals surface area contributed by atoms with Gasteiger partial charge in [0.05, 0.1) is 17.1 Å². The van der Waals surface area contributed by atoms with Crippen molar-refractivity contribution in [1.82, 2.24) is 0 Å². The fourth-order valence-electron chi connectivity index (χ4n) is 2.25. The number of ether oxygens (including phenoxy) is 1. The molecule has 0 bridgehead atoms. The molecular formula is C13H18ClNO3S. The third-order valence-electron chi connectivity index (χ3n) is 3.22. The van der Waals surface area contributed by atoms with Gasteiger partial charge in [0, 0.05) is 17.2 Å². The number of hydrogen-bond donors (Lipinski definition) is 0. The summed E-state index contributed by atoms with van der Waals surface area (Å²) in [5, 5.41) is 0. The molecule has 0 saturated heterocycles. The van der Waals surface area contributed by atoms with Crippen molar-refractivity contribution in [2.45, 2.75) is 37.7 Å². The predicted octanol–water partition coefficient (Wildman–Crippen LogP) is 3.00. The summed E-state index contributed by atoms with van der Waals surface area (Å²) in [6.07, 6.45) is 2.07. The Hall–Kier alpha value is -0.940. The van der Waals surface area contributed by atoms with Crippen LogP contribution in [-0.2, 0) is 9.05 Å². The highest BCUT2D eigenvalue weighted by Gasteiger charge is 2.25. The molecule has 1 atom stereocenters. The van der Waals surface area contributed by atoms with E-state index in [1.165, 1.54) is 6.07 Å². The number of fused-ring (bicyclic) bond motifs is 1. The number of hydrogen-bond acceptors (Lipinski definition) is 4. The Balaban J connectivity index is 2.43. The fourth-order valence-corrected chi connectivity index (χ4v) is 3.02. The Kier molecular flexibility index (Phi) is 4.26. The second-order valence-corrected chi connectivity index (χ2v) is 7.23. The molecule has 1 aliphatic rings. The van der Waals surface area contributed by atoms with Gasteiger partial charge in [-0.05, 0) is 31.0 Å². The summed E-state index contributed by atoms with van der Waals surface area (Å²) < 4.78 is 28.7. The van der Waals surface area contributed by atoms with Crippen molar-refractivity contribution >= 4 is 25.4 Å². The standard InChI is InChI=1S/C13H18ClNO3S/c1-3-7-15-9-10(4-2)18-13-6-5-11(8-12(13)15)19(14,16)17/h5-6,8,10H,3-4,7,9H2,1-2H3. The SMILES string of the molecule is CCCN1CC(CC)Oc2ccc(S(=O)(=O)Cl)cc21. The first-order valence-corrected chi connectivity index (χ1v) is 8.77. The lowest BCUT2D eigenvalue weighted by molar-refractivity contribution is 0.189. The molecule has 0 N–H and O–H groups in total. The van der Waals surface area contributed by atoms with Crippen LogP contribution in [0, 0.1) is 0 Å². The van der Waals surface area contributed by atoms with E-state index in [2.05, 4.69) is 18.7 Å². The van der Waals surface area contributed by atoms with E-state index in [1.54, 1.807) is 12.1 Å². The van der Waals surface area contributed by atoms with Gasteiger partial charge in [0.25, 0.3) is 9.05 Å². The van der Waals surface area contributed by atoms with Gasteiger partial charge in [-0.1, -0.05) is 13.8 Å². The molecule has 1 aliphatic heterocycles. The maximum Gasteiger partial charge on any atom is 0.261 e. The van der Waals surface area contributed by atoms with E-state index >= 15 is 0 Å². The van der Waals surface area contributed by atoms with Gasteiger partial charge in [0.15, 0.2) is 0 Å².